The van der Waals surface area contributed by atoms with E-state index in [0.29, 0.717) is 6.04 Å². The van der Waals surface area contributed by atoms with Crippen LogP contribution in [0.2, 0.25) is 0 Å². The Morgan fingerprint density at radius 1 is 1.32 bits per heavy atom. The number of nitrogens with zero attached hydrogens (tertiary/aromatic N) is 2. The van der Waals surface area contributed by atoms with Crippen molar-refractivity contribution in [2.75, 3.05) is 26.7 Å². The van der Waals surface area contributed by atoms with Crippen LogP contribution in [0.5, 0.6) is 0 Å². The zero-order valence-corrected chi connectivity index (χ0v) is 13.9. The third-order valence-electron chi connectivity index (χ3n) is 4.83. The molecule has 5 nitrogen and oxygen atoms in total. The topological polar surface area (TPSA) is 65.7 Å². The van der Waals surface area contributed by atoms with Gasteiger partial charge >= 0.3 is 0 Å². The summed E-state index contributed by atoms with van der Waals surface area (Å²) in [6.45, 7) is 7.19. The van der Waals surface area contributed by atoms with Crippen LogP contribution in [0.3, 0.4) is 0 Å². The molecule has 0 radical (unpaired) electrons. The Morgan fingerprint density at radius 3 is 2.73 bits per heavy atom. The first-order chi connectivity index (χ1) is 10.7. The summed E-state index contributed by atoms with van der Waals surface area (Å²) >= 11 is 0. The number of nitrogens with two attached hydrogens (primary N) is 1. The molecule has 2 fully saturated rings. The summed E-state index contributed by atoms with van der Waals surface area (Å²) in [5.74, 6) is 6.16. The largest absolute Gasteiger partial charge is 0.385 e. The van der Waals surface area contributed by atoms with Gasteiger partial charge in [-0.15, -0.1) is 0 Å². The number of hydrogen-bond donors (Lipinski definition) is 3. The van der Waals surface area contributed by atoms with Gasteiger partial charge in [0.05, 0.1) is 11.9 Å². The molecule has 1 heterocycles. The highest BCUT2D eigenvalue weighted by molar-refractivity contribution is 5.78. The van der Waals surface area contributed by atoms with Gasteiger partial charge in [-0.2, -0.15) is 5.10 Å². The van der Waals surface area contributed by atoms with Gasteiger partial charge in [0.1, 0.15) is 0 Å². The maximum atomic E-state index is 5.37. The maximum Gasteiger partial charge on any atom is 0.0700 e. The number of hydrogen-bond acceptors (Lipinski definition) is 5. The lowest BCUT2D eigenvalue weighted by atomic mass is 9.89. The molecular formula is C17H31N5. The van der Waals surface area contributed by atoms with E-state index in [9.17, 15) is 0 Å². The van der Waals surface area contributed by atoms with Crippen molar-refractivity contribution in [1.82, 2.24) is 15.5 Å². The molecule has 0 unspecified atom stereocenters. The Morgan fingerprint density at radius 2 is 2.09 bits per heavy atom. The highest BCUT2D eigenvalue weighted by atomic mass is 15.2. The summed E-state index contributed by atoms with van der Waals surface area (Å²) in [5.41, 5.74) is 2.00. The second-order valence-corrected chi connectivity index (χ2v) is 6.48. The normalized spacial score (nSPS) is 24.1. The molecule has 0 spiro atoms. The van der Waals surface area contributed by atoms with Crippen LogP contribution in [0.4, 0.5) is 0 Å². The molecule has 2 rings (SSSR count). The van der Waals surface area contributed by atoms with Gasteiger partial charge in [0.2, 0.25) is 0 Å². The molecule has 22 heavy (non-hydrogen) atoms. The van der Waals surface area contributed by atoms with Crippen LogP contribution in [0, 0.1) is 5.92 Å². The number of likely N-dealkylation sites (tertiary alicyclic amines) is 1. The summed E-state index contributed by atoms with van der Waals surface area (Å²) < 4.78 is 0. The minimum Gasteiger partial charge on any atom is -0.385 e. The van der Waals surface area contributed by atoms with Crippen molar-refractivity contribution >= 4 is 6.21 Å². The second kappa shape index (κ2) is 8.83. The average molecular weight is 305 g/mol. The van der Waals surface area contributed by atoms with Gasteiger partial charge in [0.15, 0.2) is 0 Å². The molecule has 0 amide bonds. The fraction of sp³-hybridized carbons (Fsp3) is 0.706. The smallest absolute Gasteiger partial charge is 0.0700 e. The monoisotopic (exact) mass is 305 g/mol. The minimum absolute atomic E-state index is 0.540. The summed E-state index contributed by atoms with van der Waals surface area (Å²) in [4.78, 5) is 2.31. The van der Waals surface area contributed by atoms with E-state index < -0.39 is 0 Å². The van der Waals surface area contributed by atoms with Crippen molar-refractivity contribution in [2.24, 2.45) is 16.9 Å². The summed E-state index contributed by atoms with van der Waals surface area (Å²) in [7, 11) is 2.01. The standard InChI is InChI=1S/C17H31N5/c1-14(20-11-15-6-4-3-5-7-15)10-17(12-21-18)22-9-8-16(13-22)19-2/h10,12,15-16,19-20H,1,3-9,11,13,18H2,2H3/b17-10+,21-12-/t16-/m0/s1. The van der Waals surface area contributed by atoms with Crippen molar-refractivity contribution < 1.29 is 0 Å². The Bertz CT molecular complexity index is 409. The molecule has 0 aromatic rings. The first kappa shape index (κ1) is 16.9. The molecule has 1 saturated carbocycles. The Balaban J connectivity index is 1.86. The van der Waals surface area contributed by atoms with Gasteiger partial charge in [0, 0.05) is 31.4 Å². The number of nitrogens with one attached hydrogen (secondary N) is 2. The van der Waals surface area contributed by atoms with E-state index in [-0.39, 0.29) is 0 Å². The predicted octanol–water partition coefficient (Wildman–Crippen LogP) is 1.79. The molecule has 5 heteroatoms. The molecular weight excluding hydrogens is 274 g/mol. The molecule has 1 atom stereocenters. The first-order valence-corrected chi connectivity index (χ1v) is 8.53. The van der Waals surface area contributed by atoms with E-state index in [1.54, 1.807) is 6.21 Å². The second-order valence-electron chi connectivity index (χ2n) is 6.48. The lowest BCUT2D eigenvalue weighted by molar-refractivity contribution is 0.351. The van der Waals surface area contributed by atoms with E-state index >= 15 is 0 Å². The van der Waals surface area contributed by atoms with Crippen molar-refractivity contribution in [3.05, 3.63) is 24.0 Å². The van der Waals surface area contributed by atoms with Crippen LogP contribution < -0.4 is 16.5 Å². The maximum absolute atomic E-state index is 5.37. The van der Waals surface area contributed by atoms with Gasteiger partial charge in [-0.1, -0.05) is 25.8 Å². The lowest BCUT2D eigenvalue weighted by Gasteiger charge is -2.23. The zero-order chi connectivity index (χ0) is 15.8. The molecule has 124 valence electrons. The fourth-order valence-electron chi connectivity index (χ4n) is 3.41. The van der Waals surface area contributed by atoms with Crippen LogP contribution in [0.1, 0.15) is 38.5 Å². The third kappa shape index (κ3) is 5.05. The molecule has 0 aromatic carbocycles. The van der Waals surface area contributed by atoms with E-state index in [2.05, 4.69) is 33.3 Å². The van der Waals surface area contributed by atoms with E-state index in [1.807, 2.05) is 7.05 Å². The van der Waals surface area contributed by atoms with Crippen molar-refractivity contribution in [2.45, 2.75) is 44.6 Å². The van der Waals surface area contributed by atoms with Gasteiger partial charge < -0.3 is 21.4 Å². The SMILES string of the molecule is C=C(/C=C(\C=N/N)N1CC[C@H](NC)C1)NCC1CCCCC1. The lowest BCUT2D eigenvalue weighted by Crippen LogP contribution is -2.30. The summed E-state index contributed by atoms with van der Waals surface area (Å²) in [5, 5.41) is 10.5. The van der Waals surface area contributed by atoms with Crippen LogP contribution >= 0.6 is 0 Å². The zero-order valence-electron chi connectivity index (χ0n) is 13.9. The van der Waals surface area contributed by atoms with Crippen LogP contribution in [0.25, 0.3) is 0 Å². The number of likely N-dealkylation sites (N-methyl/N-ethyl adjacent to an activating group) is 1. The molecule has 0 bridgehead atoms. The minimum atomic E-state index is 0.540. The molecule has 1 saturated heterocycles. The Labute approximate surface area is 134 Å². The molecule has 2 aliphatic rings. The van der Waals surface area contributed by atoms with Crippen molar-refractivity contribution in [3.63, 3.8) is 0 Å². The highest BCUT2D eigenvalue weighted by Crippen LogP contribution is 2.23. The molecule has 0 aromatic heterocycles. The van der Waals surface area contributed by atoms with Crippen LogP contribution in [0.15, 0.2) is 29.2 Å². The number of allylic oxidation sites excluding steroid dienone is 2. The van der Waals surface area contributed by atoms with Gasteiger partial charge in [0.25, 0.3) is 0 Å². The first-order valence-electron chi connectivity index (χ1n) is 8.53. The molecule has 1 aliphatic heterocycles. The van der Waals surface area contributed by atoms with E-state index in [4.69, 9.17) is 5.84 Å². The number of hydrazone groups is 1. The number of rotatable bonds is 7. The van der Waals surface area contributed by atoms with Crippen molar-refractivity contribution in [1.29, 1.82) is 0 Å². The quantitative estimate of drug-likeness (QED) is 0.290. The van der Waals surface area contributed by atoms with Crippen LogP contribution in [-0.2, 0) is 0 Å². The van der Waals surface area contributed by atoms with Gasteiger partial charge in [-0.25, -0.2) is 0 Å². The summed E-state index contributed by atoms with van der Waals surface area (Å²) in [6.07, 6.45) is 11.8. The third-order valence-corrected chi connectivity index (χ3v) is 4.83. The van der Waals surface area contributed by atoms with Gasteiger partial charge in [-0.3, -0.25) is 0 Å². The predicted molar refractivity (Wildman–Crippen MR) is 93.5 cm³/mol. The molecule has 4 N–H and O–H groups in total. The fourth-order valence-corrected chi connectivity index (χ4v) is 3.41. The Hall–Kier alpha value is -1.49. The molecule has 1 aliphatic carbocycles. The van der Waals surface area contributed by atoms with E-state index in [1.165, 1.54) is 32.1 Å². The summed E-state index contributed by atoms with van der Waals surface area (Å²) in [6, 6.07) is 0.540. The van der Waals surface area contributed by atoms with E-state index in [0.717, 1.165) is 43.4 Å². The van der Waals surface area contributed by atoms with Gasteiger partial charge in [-0.05, 0) is 38.3 Å². The van der Waals surface area contributed by atoms with Crippen molar-refractivity contribution in [3.8, 4) is 0 Å². The highest BCUT2D eigenvalue weighted by Gasteiger charge is 2.22. The Kier molecular flexibility index (Phi) is 6.77. The average Bonchev–Trinajstić information content (AvgIpc) is 3.02. The van der Waals surface area contributed by atoms with Crippen LogP contribution in [-0.4, -0.2) is 43.8 Å².